The molecule has 9 heteroatoms. The van der Waals surface area contributed by atoms with Gasteiger partial charge in [0.25, 0.3) is 0 Å². The zero-order valence-electron chi connectivity index (χ0n) is 11.0. The second kappa shape index (κ2) is 6.12. The predicted molar refractivity (Wildman–Crippen MR) is 84.1 cm³/mol. The van der Waals surface area contributed by atoms with Gasteiger partial charge in [0, 0.05) is 4.47 Å². The lowest BCUT2D eigenvalue weighted by atomic mass is 9.98. The molecule has 0 radical (unpaired) electrons. The van der Waals surface area contributed by atoms with E-state index in [0.29, 0.717) is 17.3 Å². The normalized spacial score (nSPS) is 18.9. The van der Waals surface area contributed by atoms with Crippen molar-refractivity contribution < 1.29 is 13.6 Å². The fourth-order valence-electron chi connectivity index (χ4n) is 2.49. The van der Waals surface area contributed by atoms with Crippen LogP contribution in [0.15, 0.2) is 32.7 Å². The van der Waals surface area contributed by atoms with E-state index >= 15 is 0 Å². The molecule has 0 bridgehead atoms. The highest BCUT2D eigenvalue weighted by Crippen LogP contribution is 2.33. The molecule has 1 aromatic carbocycles. The number of sulfonamides is 1. The first-order chi connectivity index (χ1) is 9.81. The summed E-state index contributed by atoms with van der Waals surface area (Å²) in [6.45, 7) is 0. The molecule has 0 spiro atoms. The molecule has 2 rings (SSSR count). The van der Waals surface area contributed by atoms with Gasteiger partial charge in [-0.1, -0.05) is 45.5 Å². The molecule has 1 saturated carbocycles. The highest BCUT2D eigenvalue weighted by atomic mass is 79.9. The highest BCUT2D eigenvalue weighted by Gasteiger charge is 2.42. The number of rotatable bonds is 4. The topological polar surface area (TPSA) is 105 Å². The summed E-state index contributed by atoms with van der Waals surface area (Å²) >= 11 is 9.22. The van der Waals surface area contributed by atoms with Crippen molar-refractivity contribution in [2.75, 3.05) is 0 Å². The summed E-state index contributed by atoms with van der Waals surface area (Å²) in [4.78, 5) is -0.0376. The lowest BCUT2D eigenvalue weighted by molar-refractivity contribution is 0.310. The molecule has 4 N–H and O–H groups in total. The van der Waals surface area contributed by atoms with Gasteiger partial charge in [-0.15, -0.1) is 0 Å². The van der Waals surface area contributed by atoms with Crippen LogP contribution in [-0.4, -0.2) is 25.0 Å². The lowest BCUT2D eigenvalue weighted by Crippen LogP contribution is -2.55. The Hall–Kier alpha value is -0.830. The number of halogens is 2. The Morgan fingerprint density at radius 3 is 2.57 bits per heavy atom. The van der Waals surface area contributed by atoms with Crippen molar-refractivity contribution in [2.45, 2.75) is 36.1 Å². The van der Waals surface area contributed by atoms with Crippen LogP contribution < -0.4 is 10.5 Å². The van der Waals surface area contributed by atoms with Crippen LogP contribution in [0.3, 0.4) is 0 Å². The maximum atomic E-state index is 12.5. The Labute approximate surface area is 136 Å². The van der Waals surface area contributed by atoms with Crippen molar-refractivity contribution in [3.05, 3.63) is 27.7 Å². The summed E-state index contributed by atoms with van der Waals surface area (Å²) in [5, 5.41) is 12.0. The van der Waals surface area contributed by atoms with Gasteiger partial charge in [0.2, 0.25) is 10.0 Å². The van der Waals surface area contributed by atoms with Gasteiger partial charge < -0.3 is 10.9 Å². The maximum Gasteiger partial charge on any atom is 0.242 e. The smallest absolute Gasteiger partial charge is 0.242 e. The van der Waals surface area contributed by atoms with Crippen LogP contribution in [0.4, 0.5) is 0 Å². The number of oxime groups is 1. The Kier molecular flexibility index (Phi) is 4.82. The number of nitrogens with zero attached hydrogens (tertiary/aromatic N) is 1. The highest BCUT2D eigenvalue weighted by molar-refractivity contribution is 9.10. The molecule has 0 unspecified atom stereocenters. The van der Waals surface area contributed by atoms with Crippen LogP contribution in [0.25, 0.3) is 0 Å². The molecular weight excluding hydrogens is 382 g/mol. The van der Waals surface area contributed by atoms with E-state index < -0.39 is 15.6 Å². The summed E-state index contributed by atoms with van der Waals surface area (Å²) in [5.41, 5.74) is 4.64. The van der Waals surface area contributed by atoms with Gasteiger partial charge in [-0.05, 0) is 31.0 Å². The summed E-state index contributed by atoms with van der Waals surface area (Å²) in [6.07, 6.45) is 2.56. The third-order valence-electron chi connectivity index (χ3n) is 3.57. The first-order valence-electron chi connectivity index (χ1n) is 6.28. The number of amidine groups is 1. The molecule has 0 aliphatic heterocycles. The van der Waals surface area contributed by atoms with Gasteiger partial charge in [0.15, 0.2) is 5.84 Å². The van der Waals surface area contributed by atoms with Crippen LogP contribution >= 0.6 is 27.5 Å². The monoisotopic (exact) mass is 395 g/mol. The van der Waals surface area contributed by atoms with Crippen molar-refractivity contribution in [3.8, 4) is 0 Å². The zero-order chi connectivity index (χ0) is 15.7. The standard InChI is InChI=1S/C12H15BrClN3O3S/c13-8-3-4-10(9(14)7-8)21(19,20)17-12(11(15)16-18)5-1-2-6-12/h3-4,7,17-18H,1-2,5-6H2,(H2,15,16). The SMILES string of the molecule is N/C(=N/O)C1(NS(=O)(=O)c2ccc(Br)cc2Cl)CCCC1. The van der Waals surface area contributed by atoms with Crippen LogP contribution in [0.1, 0.15) is 25.7 Å². The molecule has 6 nitrogen and oxygen atoms in total. The van der Waals surface area contributed by atoms with E-state index in [4.69, 9.17) is 22.5 Å². The number of hydrogen-bond acceptors (Lipinski definition) is 4. The minimum absolute atomic E-state index is 0.0376. The average molecular weight is 397 g/mol. The molecule has 0 heterocycles. The zero-order valence-corrected chi connectivity index (χ0v) is 14.2. The summed E-state index contributed by atoms with van der Waals surface area (Å²) < 4.78 is 28.3. The van der Waals surface area contributed by atoms with E-state index in [1.165, 1.54) is 12.1 Å². The molecule has 0 atom stereocenters. The van der Waals surface area contributed by atoms with Gasteiger partial charge >= 0.3 is 0 Å². The van der Waals surface area contributed by atoms with E-state index in [-0.39, 0.29) is 15.8 Å². The predicted octanol–water partition coefficient (Wildman–Crippen LogP) is 2.44. The van der Waals surface area contributed by atoms with E-state index in [9.17, 15) is 8.42 Å². The fourth-order valence-corrected chi connectivity index (χ4v) is 4.96. The molecule has 1 aliphatic rings. The van der Waals surface area contributed by atoms with Gasteiger partial charge in [-0.3, -0.25) is 0 Å². The molecule has 21 heavy (non-hydrogen) atoms. The fraction of sp³-hybridized carbons (Fsp3) is 0.417. The van der Waals surface area contributed by atoms with Crippen molar-refractivity contribution in [1.29, 1.82) is 0 Å². The van der Waals surface area contributed by atoms with Crippen LogP contribution in [-0.2, 0) is 10.0 Å². The number of nitrogens with two attached hydrogens (primary N) is 1. The molecule has 0 saturated heterocycles. The van der Waals surface area contributed by atoms with Crippen molar-refractivity contribution in [2.24, 2.45) is 10.9 Å². The summed E-state index contributed by atoms with van der Waals surface area (Å²) in [5.74, 6) is -0.128. The average Bonchev–Trinajstić information content (AvgIpc) is 2.86. The number of benzene rings is 1. The molecule has 1 aliphatic carbocycles. The third kappa shape index (κ3) is 3.33. The minimum atomic E-state index is -3.88. The van der Waals surface area contributed by atoms with E-state index in [0.717, 1.165) is 12.8 Å². The second-order valence-corrected chi connectivity index (χ2v) is 7.93. The van der Waals surface area contributed by atoms with Crippen molar-refractivity contribution in [1.82, 2.24) is 4.72 Å². The van der Waals surface area contributed by atoms with Gasteiger partial charge in [-0.25, -0.2) is 8.42 Å². The van der Waals surface area contributed by atoms with E-state index in [1.54, 1.807) is 6.07 Å². The Morgan fingerprint density at radius 2 is 2.05 bits per heavy atom. The van der Waals surface area contributed by atoms with Crippen LogP contribution in [0.2, 0.25) is 5.02 Å². The molecular formula is C12H15BrClN3O3S. The quantitative estimate of drug-likeness (QED) is 0.314. The minimum Gasteiger partial charge on any atom is -0.409 e. The number of nitrogens with one attached hydrogen (secondary N) is 1. The van der Waals surface area contributed by atoms with Gasteiger partial charge in [0.1, 0.15) is 4.90 Å². The Bertz CT molecular complexity index is 672. The van der Waals surface area contributed by atoms with E-state index in [2.05, 4.69) is 25.8 Å². The molecule has 1 aromatic rings. The van der Waals surface area contributed by atoms with Crippen LogP contribution in [0, 0.1) is 0 Å². The first kappa shape index (κ1) is 16.5. The summed E-state index contributed by atoms with van der Waals surface area (Å²) in [7, 11) is -3.88. The van der Waals surface area contributed by atoms with Crippen molar-refractivity contribution in [3.63, 3.8) is 0 Å². The first-order valence-corrected chi connectivity index (χ1v) is 8.93. The Balaban J connectivity index is 2.40. The van der Waals surface area contributed by atoms with Crippen molar-refractivity contribution >= 4 is 43.4 Å². The third-order valence-corrected chi connectivity index (χ3v) is 6.08. The lowest BCUT2D eigenvalue weighted by Gasteiger charge is -2.28. The second-order valence-electron chi connectivity index (χ2n) is 4.95. The number of hydrogen-bond donors (Lipinski definition) is 3. The van der Waals surface area contributed by atoms with Gasteiger partial charge in [0.05, 0.1) is 10.6 Å². The maximum absolute atomic E-state index is 12.5. The summed E-state index contributed by atoms with van der Waals surface area (Å²) in [6, 6.07) is 4.50. The van der Waals surface area contributed by atoms with Gasteiger partial charge in [-0.2, -0.15) is 4.72 Å². The molecule has 0 amide bonds. The Morgan fingerprint density at radius 1 is 1.43 bits per heavy atom. The molecule has 0 aromatic heterocycles. The van der Waals surface area contributed by atoms with E-state index in [1.807, 2.05) is 0 Å². The molecule has 1 fully saturated rings. The van der Waals surface area contributed by atoms with Crippen LogP contribution in [0.5, 0.6) is 0 Å². The molecule has 116 valence electrons. The largest absolute Gasteiger partial charge is 0.409 e.